The van der Waals surface area contributed by atoms with E-state index in [9.17, 15) is 9.59 Å². The van der Waals surface area contributed by atoms with Gasteiger partial charge in [-0.25, -0.2) is 4.79 Å². The van der Waals surface area contributed by atoms with E-state index in [4.69, 9.17) is 10.5 Å². The highest BCUT2D eigenvalue weighted by molar-refractivity contribution is 6.02. The molecule has 0 aromatic heterocycles. The Hall–Kier alpha value is -2.12. The number of ether oxygens (including phenoxy) is 1. The number of fused-ring (bicyclic) bond motifs is 1. The molecule has 4 aliphatic rings. The molecule has 7 heteroatoms. The third-order valence-corrected chi connectivity index (χ3v) is 7.73. The average Bonchev–Trinajstić information content (AvgIpc) is 3.51. The van der Waals surface area contributed by atoms with E-state index in [0.29, 0.717) is 19.5 Å². The Kier molecular flexibility index (Phi) is 4.98. The quantitative estimate of drug-likeness (QED) is 0.776. The van der Waals surface area contributed by atoms with Crippen LogP contribution in [0.1, 0.15) is 44.1 Å². The molecule has 3 heterocycles. The second-order valence-corrected chi connectivity index (χ2v) is 9.40. The number of urea groups is 1. The van der Waals surface area contributed by atoms with Gasteiger partial charge in [-0.2, -0.15) is 0 Å². The van der Waals surface area contributed by atoms with Crippen LogP contribution in [0.25, 0.3) is 0 Å². The molecule has 2 N–H and O–H groups in total. The van der Waals surface area contributed by atoms with Crippen molar-refractivity contribution in [2.24, 2.45) is 5.73 Å². The lowest BCUT2D eigenvalue weighted by molar-refractivity contribution is -0.128. The van der Waals surface area contributed by atoms with Gasteiger partial charge in [-0.15, -0.1) is 0 Å². The number of rotatable bonds is 6. The standard InChI is InChI=1S/C23H32N4O3/c24-20(28)23-7-1-2-11-27(23)21(29)26(17-23)19-5-3-18(4-6-19)22(8-9-22)10-12-25-13-15-30-16-14-25/h3-6H,1-2,7-17H2,(H2,24,28)/t23-/m1/s1. The molecule has 3 saturated heterocycles. The molecule has 1 aromatic rings. The van der Waals surface area contributed by atoms with Crippen molar-refractivity contribution in [1.82, 2.24) is 9.80 Å². The Bertz CT molecular complexity index is 816. The zero-order valence-electron chi connectivity index (χ0n) is 17.6. The molecular weight excluding hydrogens is 380 g/mol. The van der Waals surface area contributed by atoms with Crippen LogP contribution in [-0.2, 0) is 14.9 Å². The van der Waals surface area contributed by atoms with Gasteiger partial charge in [-0.3, -0.25) is 14.6 Å². The topological polar surface area (TPSA) is 79.1 Å². The molecule has 0 bridgehead atoms. The number of hydrogen-bond donors (Lipinski definition) is 1. The number of hydrogen-bond acceptors (Lipinski definition) is 4. The number of anilines is 1. The van der Waals surface area contributed by atoms with E-state index in [1.807, 2.05) is 0 Å². The van der Waals surface area contributed by atoms with E-state index in [0.717, 1.165) is 51.4 Å². The molecule has 162 valence electrons. The number of carbonyl (C=O) groups excluding carboxylic acids is 2. The number of carbonyl (C=O) groups is 2. The van der Waals surface area contributed by atoms with Crippen LogP contribution in [0.4, 0.5) is 10.5 Å². The Labute approximate surface area is 178 Å². The lowest BCUT2D eigenvalue weighted by Crippen LogP contribution is -2.58. The van der Waals surface area contributed by atoms with Crippen molar-refractivity contribution in [1.29, 1.82) is 0 Å². The maximum Gasteiger partial charge on any atom is 0.325 e. The smallest absolute Gasteiger partial charge is 0.325 e. The van der Waals surface area contributed by atoms with Crippen molar-refractivity contribution < 1.29 is 14.3 Å². The summed E-state index contributed by atoms with van der Waals surface area (Å²) < 4.78 is 5.45. The maximum absolute atomic E-state index is 13.0. The van der Waals surface area contributed by atoms with Crippen LogP contribution in [0, 0.1) is 0 Å². The summed E-state index contributed by atoms with van der Waals surface area (Å²) in [5, 5.41) is 0. The molecular formula is C23H32N4O3. The lowest BCUT2D eigenvalue weighted by atomic mass is 9.87. The van der Waals surface area contributed by atoms with Gasteiger partial charge in [-0.1, -0.05) is 12.1 Å². The van der Waals surface area contributed by atoms with Gasteiger partial charge >= 0.3 is 6.03 Å². The van der Waals surface area contributed by atoms with Gasteiger partial charge in [0.2, 0.25) is 5.91 Å². The highest BCUT2D eigenvalue weighted by Gasteiger charge is 2.55. The molecule has 4 fully saturated rings. The predicted molar refractivity (Wildman–Crippen MR) is 114 cm³/mol. The van der Waals surface area contributed by atoms with Crippen LogP contribution in [0.2, 0.25) is 0 Å². The van der Waals surface area contributed by atoms with Gasteiger partial charge in [0.1, 0.15) is 5.54 Å². The summed E-state index contributed by atoms with van der Waals surface area (Å²) in [4.78, 5) is 31.3. The van der Waals surface area contributed by atoms with Crippen molar-refractivity contribution in [2.75, 3.05) is 50.8 Å². The first-order chi connectivity index (χ1) is 14.5. The van der Waals surface area contributed by atoms with Crippen molar-refractivity contribution in [3.05, 3.63) is 29.8 Å². The van der Waals surface area contributed by atoms with Gasteiger partial charge in [0.25, 0.3) is 0 Å². The van der Waals surface area contributed by atoms with E-state index >= 15 is 0 Å². The zero-order valence-corrected chi connectivity index (χ0v) is 17.6. The van der Waals surface area contributed by atoms with Gasteiger partial charge in [0.15, 0.2) is 0 Å². The first kappa shape index (κ1) is 19.8. The van der Waals surface area contributed by atoms with Crippen LogP contribution in [-0.4, -0.2) is 73.2 Å². The minimum atomic E-state index is -0.843. The fourth-order valence-electron chi connectivity index (χ4n) is 5.52. The molecule has 1 saturated carbocycles. The first-order valence-corrected chi connectivity index (χ1v) is 11.3. The highest BCUT2D eigenvalue weighted by Crippen LogP contribution is 2.51. The fourth-order valence-corrected chi connectivity index (χ4v) is 5.52. The van der Waals surface area contributed by atoms with E-state index in [1.54, 1.807) is 9.80 Å². The summed E-state index contributed by atoms with van der Waals surface area (Å²) in [5.74, 6) is -0.380. The molecule has 3 aliphatic heterocycles. The van der Waals surface area contributed by atoms with E-state index in [1.165, 1.54) is 24.8 Å². The third-order valence-electron chi connectivity index (χ3n) is 7.73. The normalized spacial score (nSPS) is 28.5. The molecule has 0 unspecified atom stereocenters. The molecule has 1 atom stereocenters. The van der Waals surface area contributed by atoms with Gasteiger partial charge in [0, 0.05) is 25.3 Å². The van der Waals surface area contributed by atoms with Crippen molar-refractivity contribution >= 4 is 17.6 Å². The lowest BCUT2D eigenvalue weighted by Gasteiger charge is -2.37. The minimum absolute atomic E-state index is 0.0882. The van der Waals surface area contributed by atoms with Crippen LogP contribution in [0.15, 0.2) is 24.3 Å². The number of primary amides is 1. The molecule has 3 amide bonds. The first-order valence-electron chi connectivity index (χ1n) is 11.3. The Morgan fingerprint density at radius 1 is 1.03 bits per heavy atom. The van der Waals surface area contributed by atoms with E-state index in [2.05, 4.69) is 29.2 Å². The molecule has 7 nitrogen and oxygen atoms in total. The fraction of sp³-hybridized carbons (Fsp3) is 0.652. The van der Waals surface area contributed by atoms with Gasteiger partial charge < -0.3 is 15.4 Å². The zero-order chi connectivity index (χ0) is 20.8. The summed E-state index contributed by atoms with van der Waals surface area (Å²) in [6.07, 6.45) is 6.17. The summed E-state index contributed by atoms with van der Waals surface area (Å²) >= 11 is 0. The highest BCUT2D eigenvalue weighted by atomic mass is 16.5. The maximum atomic E-state index is 13.0. The summed E-state index contributed by atoms with van der Waals surface area (Å²) in [5.41, 5.74) is 7.44. The van der Waals surface area contributed by atoms with Crippen LogP contribution in [0.3, 0.4) is 0 Å². The largest absolute Gasteiger partial charge is 0.379 e. The van der Waals surface area contributed by atoms with E-state index < -0.39 is 5.54 Å². The Morgan fingerprint density at radius 3 is 2.40 bits per heavy atom. The molecule has 1 aromatic carbocycles. The van der Waals surface area contributed by atoms with E-state index in [-0.39, 0.29) is 17.4 Å². The number of piperidine rings is 1. The molecule has 0 spiro atoms. The SMILES string of the molecule is NC(=O)[C@]12CCCCN1C(=O)N(c1ccc(C3(CCN4CCOCC4)CC3)cc1)C2. The number of nitrogens with zero attached hydrogens (tertiary/aromatic N) is 3. The number of nitrogens with two attached hydrogens (primary N) is 1. The predicted octanol–water partition coefficient (Wildman–Crippen LogP) is 2.09. The number of benzene rings is 1. The molecule has 30 heavy (non-hydrogen) atoms. The monoisotopic (exact) mass is 412 g/mol. The average molecular weight is 413 g/mol. The van der Waals surface area contributed by atoms with Gasteiger partial charge in [-0.05, 0) is 68.2 Å². The third kappa shape index (κ3) is 3.28. The summed E-state index contributed by atoms with van der Waals surface area (Å²) in [7, 11) is 0. The minimum Gasteiger partial charge on any atom is -0.379 e. The Morgan fingerprint density at radius 2 is 1.77 bits per heavy atom. The molecule has 1 aliphatic carbocycles. The van der Waals surface area contributed by atoms with Crippen LogP contribution < -0.4 is 10.6 Å². The molecule has 5 rings (SSSR count). The second-order valence-electron chi connectivity index (χ2n) is 9.40. The summed E-state index contributed by atoms with van der Waals surface area (Å²) in [6.45, 7) is 5.84. The Balaban J connectivity index is 1.29. The van der Waals surface area contributed by atoms with Crippen molar-refractivity contribution in [3.63, 3.8) is 0 Å². The number of amides is 3. The van der Waals surface area contributed by atoms with Crippen LogP contribution in [0.5, 0.6) is 0 Å². The molecule has 0 radical (unpaired) electrons. The number of morpholine rings is 1. The second kappa shape index (κ2) is 7.54. The van der Waals surface area contributed by atoms with Crippen LogP contribution >= 0.6 is 0 Å². The van der Waals surface area contributed by atoms with Gasteiger partial charge in [0.05, 0.1) is 19.8 Å². The van der Waals surface area contributed by atoms with Crippen molar-refractivity contribution in [3.8, 4) is 0 Å². The summed E-state index contributed by atoms with van der Waals surface area (Å²) in [6, 6.07) is 8.38. The van der Waals surface area contributed by atoms with Crippen molar-refractivity contribution in [2.45, 2.75) is 49.5 Å².